The van der Waals surface area contributed by atoms with Crippen molar-refractivity contribution in [2.75, 3.05) is 0 Å². The molecule has 0 aliphatic heterocycles. The first-order chi connectivity index (χ1) is 45.8. The van der Waals surface area contributed by atoms with Gasteiger partial charge < -0.3 is 0 Å². The molecule has 8 heterocycles. The van der Waals surface area contributed by atoms with E-state index in [1.165, 1.54) is 72.3 Å². The van der Waals surface area contributed by atoms with Crippen LogP contribution in [0.1, 0.15) is 105 Å². The van der Waals surface area contributed by atoms with Crippen LogP contribution in [0.5, 0.6) is 0 Å². The Morgan fingerprint density at radius 1 is 0.277 bits per heavy atom. The van der Waals surface area contributed by atoms with E-state index in [1.54, 1.807) is 21.0 Å². The van der Waals surface area contributed by atoms with E-state index in [0.717, 1.165) is 89.8 Å². The van der Waals surface area contributed by atoms with Crippen molar-refractivity contribution in [1.82, 2.24) is 70.2 Å². The molecule has 18 nitrogen and oxygen atoms in total. The molecule has 0 N–H and O–H groups in total. The van der Waals surface area contributed by atoms with Crippen molar-refractivity contribution in [1.29, 1.82) is 0 Å². The number of hydrogen-bond donors (Lipinski definition) is 0. The van der Waals surface area contributed by atoms with Gasteiger partial charge in [-0.3, -0.25) is 0 Å². The van der Waals surface area contributed by atoms with Gasteiger partial charge in [0.1, 0.15) is 25.1 Å². The lowest BCUT2D eigenvalue weighted by atomic mass is 9.95. The number of fused-ring (bicyclic) bond motifs is 6. The van der Waals surface area contributed by atoms with Gasteiger partial charge in [-0.15, -0.1) is 9.36 Å². The summed E-state index contributed by atoms with van der Waals surface area (Å²) in [6.07, 6.45) is 0. The van der Waals surface area contributed by atoms with Crippen LogP contribution in [0.2, 0.25) is 0 Å². The van der Waals surface area contributed by atoms with Gasteiger partial charge in [0.2, 0.25) is 22.7 Å². The van der Waals surface area contributed by atoms with Crippen molar-refractivity contribution in [3.8, 4) is 45.3 Å². The maximum absolute atomic E-state index is 7.64. The molecule has 0 aliphatic rings. The second kappa shape index (κ2) is 25.8. The highest BCUT2D eigenvalue weighted by atomic mass is 15.3. The highest BCUT2D eigenvalue weighted by Gasteiger charge is 2.28. The molecule has 6 aromatic carbocycles. The fraction of sp³-hybridized carbons (Fsp3) is 0.289. The third-order valence-electron chi connectivity index (χ3n) is 17.7. The predicted molar refractivity (Wildman–Crippen MR) is 372 cm³/mol. The van der Waals surface area contributed by atoms with Gasteiger partial charge in [0.25, 0.3) is 11.3 Å². The van der Waals surface area contributed by atoms with Gasteiger partial charge in [0, 0.05) is 14.3 Å². The largest absolute Gasteiger partial charge is 0.353 e. The first-order valence-electron chi connectivity index (χ1n) is 32.9. The summed E-state index contributed by atoms with van der Waals surface area (Å²) >= 11 is 0. The Morgan fingerprint density at radius 2 is 0.574 bits per heavy atom. The normalized spacial score (nSPS) is 11.9. The van der Waals surface area contributed by atoms with E-state index in [2.05, 4.69) is 184 Å². The van der Waals surface area contributed by atoms with Gasteiger partial charge in [-0.2, -0.15) is 0 Å². The molecule has 0 spiro atoms. The Balaban J connectivity index is 0.000000131. The van der Waals surface area contributed by atoms with Crippen LogP contribution in [0.3, 0.4) is 0 Å². The number of aromatic nitrogens is 18. The Kier molecular flexibility index (Phi) is 16.7. The van der Waals surface area contributed by atoms with Crippen molar-refractivity contribution >= 4 is 67.0 Å². The monoisotopic (exact) mass is 1250 g/mol. The molecule has 14 aromatic rings. The molecule has 0 unspecified atom stereocenters. The minimum Gasteiger partial charge on any atom is -0.247 e. The van der Waals surface area contributed by atoms with Gasteiger partial charge in [-0.25, -0.2) is 39.9 Å². The van der Waals surface area contributed by atoms with Crippen molar-refractivity contribution in [3.63, 3.8) is 0 Å². The first-order valence-corrected chi connectivity index (χ1v) is 31.4. The SMILES string of the molecule is Cc1cc(C)c(C)c(-c2c(C)c3nc4ccccc4nc3n[n+]2C)c1.Cc1cc(C)c(C)c(-c2nc3nc(C)c(C)nc3n[n+]2C)c1.Cc1cc(C)c(C)c(-c2nc3nc4ccccc4nc3n[n+]2C)c1.[2H]C([2H])([2H])c1nc2n[n+](C)c(-c3cc(C)cc(C)c3C)c(C)c2nc1C. The zero-order valence-corrected chi connectivity index (χ0v) is 57.8. The molecule has 0 atom stereocenters. The van der Waals surface area contributed by atoms with E-state index in [0.29, 0.717) is 45.1 Å². The smallest absolute Gasteiger partial charge is 0.247 e. The molecular formula is C76H82N18+4. The van der Waals surface area contributed by atoms with E-state index >= 15 is 0 Å². The summed E-state index contributed by atoms with van der Waals surface area (Å²) in [6.45, 7) is 32.7. The predicted octanol–water partition coefficient (Wildman–Crippen LogP) is 12.7. The number of nitrogens with zero attached hydrogens (tertiary/aromatic N) is 18. The van der Waals surface area contributed by atoms with E-state index in [1.807, 2.05) is 102 Å². The van der Waals surface area contributed by atoms with Crippen LogP contribution >= 0.6 is 0 Å². The summed E-state index contributed by atoms with van der Waals surface area (Å²) < 4.78 is 30.2. The zero-order chi connectivity index (χ0) is 70.0. The van der Waals surface area contributed by atoms with Crippen molar-refractivity contribution < 1.29 is 22.8 Å². The van der Waals surface area contributed by atoms with Crippen molar-refractivity contribution in [2.24, 2.45) is 28.2 Å². The summed E-state index contributed by atoms with van der Waals surface area (Å²) in [5, 5.41) is 18.3. The Hall–Kier alpha value is -10.6. The second-order valence-corrected chi connectivity index (χ2v) is 24.9. The molecule has 0 radical (unpaired) electrons. The fourth-order valence-corrected chi connectivity index (χ4v) is 12.1. The van der Waals surface area contributed by atoms with E-state index in [9.17, 15) is 0 Å². The number of benzene rings is 6. The summed E-state index contributed by atoms with van der Waals surface area (Å²) in [6, 6.07) is 33.1. The molecule has 0 aliphatic carbocycles. The molecule has 14 rings (SSSR count). The minimum absolute atomic E-state index is 0.00669. The van der Waals surface area contributed by atoms with Gasteiger partial charge in [0.05, 0.1) is 78.2 Å². The third-order valence-corrected chi connectivity index (χ3v) is 17.7. The van der Waals surface area contributed by atoms with Crippen LogP contribution in [0.4, 0.5) is 0 Å². The molecule has 0 saturated carbocycles. The topological polar surface area (TPSA) is 196 Å². The average molecular weight is 1250 g/mol. The maximum atomic E-state index is 7.64. The van der Waals surface area contributed by atoms with Crippen molar-refractivity contribution in [3.05, 3.63) is 198 Å². The Morgan fingerprint density at radius 3 is 1.00 bits per heavy atom. The average Bonchev–Trinajstić information content (AvgIpc) is 0.758. The quantitative estimate of drug-likeness (QED) is 0.119. The van der Waals surface area contributed by atoms with Crippen molar-refractivity contribution in [2.45, 2.75) is 125 Å². The van der Waals surface area contributed by atoms with Gasteiger partial charge in [-0.1, -0.05) is 79.2 Å². The molecule has 8 aromatic heterocycles. The number of para-hydroxylation sites is 4. The van der Waals surface area contributed by atoms with Gasteiger partial charge >= 0.3 is 22.9 Å². The minimum atomic E-state index is -2.30. The lowest BCUT2D eigenvalue weighted by Crippen LogP contribution is -2.37. The van der Waals surface area contributed by atoms with Gasteiger partial charge in [-0.05, 0) is 239 Å². The van der Waals surface area contributed by atoms with E-state index in [-0.39, 0.29) is 5.69 Å². The second-order valence-electron chi connectivity index (χ2n) is 24.9. The highest BCUT2D eigenvalue weighted by molar-refractivity contribution is 5.88. The summed E-state index contributed by atoms with van der Waals surface area (Å²) in [4.78, 5) is 46.1. The van der Waals surface area contributed by atoms with Crippen LogP contribution in [-0.2, 0) is 28.2 Å². The number of rotatable bonds is 4. The first kappa shape index (κ1) is 60.9. The zero-order valence-electron chi connectivity index (χ0n) is 60.8. The number of aryl methyl sites for hydroxylation is 18. The summed E-state index contributed by atoms with van der Waals surface area (Å²) in [5.74, 6) is 1.62. The summed E-state index contributed by atoms with van der Waals surface area (Å²) in [7, 11) is 7.64. The molecule has 0 bridgehead atoms. The van der Waals surface area contributed by atoms with Crippen LogP contribution in [-0.4, -0.2) is 70.2 Å². The molecule has 0 fully saturated rings. The highest BCUT2D eigenvalue weighted by Crippen LogP contribution is 2.33. The maximum Gasteiger partial charge on any atom is 0.353 e. The molecule has 472 valence electrons. The fourth-order valence-electron chi connectivity index (χ4n) is 12.1. The Labute approximate surface area is 553 Å². The van der Waals surface area contributed by atoms with Crippen LogP contribution < -0.4 is 18.7 Å². The van der Waals surface area contributed by atoms with Crippen LogP contribution in [0.15, 0.2) is 97.1 Å². The Bertz CT molecular complexity index is 5560. The van der Waals surface area contributed by atoms with Crippen LogP contribution in [0.25, 0.3) is 112 Å². The van der Waals surface area contributed by atoms with Crippen LogP contribution in [0, 0.1) is 125 Å². The summed E-state index contributed by atoms with van der Waals surface area (Å²) in [5.41, 5.74) is 33.8. The molecule has 18 heteroatoms. The number of hydrogen-bond acceptors (Lipinski definition) is 14. The molecule has 0 saturated heterocycles. The lowest BCUT2D eigenvalue weighted by molar-refractivity contribution is -0.720. The molecule has 94 heavy (non-hydrogen) atoms. The lowest BCUT2D eigenvalue weighted by Gasteiger charge is -2.11. The van der Waals surface area contributed by atoms with Gasteiger partial charge in [0.15, 0.2) is 14.1 Å². The molecule has 0 amide bonds. The van der Waals surface area contributed by atoms with E-state index < -0.39 is 6.85 Å². The third kappa shape index (κ3) is 12.7. The van der Waals surface area contributed by atoms with E-state index in [4.69, 9.17) is 29.1 Å². The standard InChI is InChI=1S/C21H21N4.C19H18N5.C19H23N4.C17H20N5/c1-12-10-13(2)14(3)16(11-12)20-15(4)19-21(24-25(20)5)23-18-9-7-6-8-17(18)22-19;1-11-9-12(2)13(3)14(10-11)19-22-17-18(23-24(19)4)21-16-8-6-5-7-15(16)20-17;1-10-8-11(2)12(3)16(9-10)18-13(4)17-19(22-23(18)7)21-15(6)14(5)20-17;1-9-7-10(2)11(3)14(8-9)17-20-15-16(21-22(17)6)19-13(5)12(4)18-15/h6-11H,1-5H3;5-10H,1-4H3;8-9H,1-7H3;7-8H,1-6H3/q4*+1/i;;6D3;. The molecular weight excluding hydrogens is 1160 g/mol.